The largest absolute Gasteiger partial charge is 0.504 e. The average molecular weight is 153 g/mol. The predicted molar refractivity (Wildman–Crippen MR) is 41.8 cm³/mol. The zero-order valence-electron chi connectivity index (χ0n) is 6.21. The van der Waals surface area contributed by atoms with Crippen molar-refractivity contribution in [2.75, 3.05) is 0 Å². The summed E-state index contributed by atoms with van der Waals surface area (Å²) in [5, 5.41) is 9.04. The molecule has 0 aromatic carbocycles. The monoisotopic (exact) mass is 153 g/mol. The van der Waals surface area contributed by atoms with Gasteiger partial charge in [0, 0.05) is 18.2 Å². The highest BCUT2D eigenvalue weighted by atomic mass is 16.3. The first-order valence-electron chi connectivity index (χ1n) is 3.59. The Morgan fingerprint density at radius 2 is 2.27 bits per heavy atom. The normalized spacial score (nSPS) is 19.8. The molecule has 1 aliphatic rings. The molecule has 0 saturated carbocycles. The maximum Gasteiger partial charge on any atom is 0.197 e. The molecule has 0 aliphatic heterocycles. The van der Waals surface area contributed by atoms with Gasteiger partial charge in [-0.2, -0.15) is 0 Å². The molecule has 0 heterocycles. The Labute approximate surface area is 65.2 Å². The number of rotatable bonds is 0. The minimum atomic E-state index is -0.224. The van der Waals surface area contributed by atoms with Crippen LogP contribution in [0.5, 0.6) is 0 Å². The van der Waals surface area contributed by atoms with E-state index in [-0.39, 0.29) is 11.5 Å². The second-order valence-corrected chi connectivity index (χ2v) is 2.55. The standard InChI is InChI=1S/C8H11NO2/c9-6-3-1-2-4-7(10)8(11)5-6/h3,5,11H,1-2,4,9H2. The van der Waals surface area contributed by atoms with Gasteiger partial charge in [0.15, 0.2) is 11.5 Å². The van der Waals surface area contributed by atoms with Gasteiger partial charge in [0.2, 0.25) is 0 Å². The van der Waals surface area contributed by atoms with Crippen LogP contribution in [0.25, 0.3) is 0 Å². The van der Waals surface area contributed by atoms with Gasteiger partial charge in [-0.05, 0) is 12.8 Å². The minimum Gasteiger partial charge on any atom is -0.504 e. The van der Waals surface area contributed by atoms with Gasteiger partial charge in [-0.3, -0.25) is 4.79 Å². The number of Topliss-reactive ketones (excluding diaryl/α,β-unsaturated/α-hetero) is 1. The second kappa shape index (κ2) is 3.23. The van der Waals surface area contributed by atoms with E-state index in [1.807, 2.05) is 6.08 Å². The molecule has 0 bridgehead atoms. The van der Waals surface area contributed by atoms with E-state index in [0.29, 0.717) is 12.1 Å². The minimum absolute atomic E-state index is 0.221. The first kappa shape index (κ1) is 7.85. The van der Waals surface area contributed by atoms with Crippen molar-refractivity contribution in [3.63, 3.8) is 0 Å². The van der Waals surface area contributed by atoms with Gasteiger partial charge in [-0.1, -0.05) is 6.08 Å². The summed E-state index contributed by atoms with van der Waals surface area (Å²) in [6, 6.07) is 0. The summed E-state index contributed by atoms with van der Waals surface area (Å²) in [6.07, 6.45) is 5.09. The maximum atomic E-state index is 10.9. The molecule has 60 valence electrons. The van der Waals surface area contributed by atoms with Crippen molar-refractivity contribution in [2.45, 2.75) is 19.3 Å². The van der Waals surface area contributed by atoms with Crippen LogP contribution in [0.2, 0.25) is 0 Å². The molecule has 0 spiro atoms. The lowest BCUT2D eigenvalue weighted by atomic mass is 10.1. The molecule has 0 atom stereocenters. The SMILES string of the molecule is NC1=CCCCC(=O)C(O)=C1. The molecular weight excluding hydrogens is 142 g/mol. The zero-order chi connectivity index (χ0) is 8.27. The van der Waals surface area contributed by atoms with Crippen LogP contribution in [0.4, 0.5) is 0 Å². The van der Waals surface area contributed by atoms with E-state index < -0.39 is 0 Å². The van der Waals surface area contributed by atoms with Crippen molar-refractivity contribution in [1.29, 1.82) is 0 Å². The van der Waals surface area contributed by atoms with Crippen LogP contribution in [0, 0.1) is 0 Å². The number of hydrogen-bond donors (Lipinski definition) is 2. The molecule has 1 aliphatic carbocycles. The molecule has 0 radical (unpaired) electrons. The van der Waals surface area contributed by atoms with Gasteiger partial charge in [0.25, 0.3) is 0 Å². The van der Waals surface area contributed by atoms with E-state index in [1.165, 1.54) is 6.08 Å². The second-order valence-electron chi connectivity index (χ2n) is 2.55. The summed E-state index contributed by atoms with van der Waals surface area (Å²) in [7, 11) is 0. The van der Waals surface area contributed by atoms with Crippen molar-refractivity contribution in [3.8, 4) is 0 Å². The van der Waals surface area contributed by atoms with Gasteiger partial charge < -0.3 is 10.8 Å². The van der Waals surface area contributed by atoms with Gasteiger partial charge >= 0.3 is 0 Å². The van der Waals surface area contributed by atoms with Crippen molar-refractivity contribution in [2.24, 2.45) is 5.73 Å². The lowest BCUT2D eigenvalue weighted by Gasteiger charge is -2.03. The van der Waals surface area contributed by atoms with Gasteiger partial charge in [0.05, 0.1) is 0 Å². The molecule has 1 rings (SSSR count). The third-order valence-corrected chi connectivity index (χ3v) is 1.58. The molecule has 11 heavy (non-hydrogen) atoms. The lowest BCUT2D eigenvalue weighted by molar-refractivity contribution is -0.118. The van der Waals surface area contributed by atoms with Crippen molar-refractivity contribution >= 4 is 5.78 Å². The lowest BCUT2D eigenvalue weighted by Crippen LogP contribution is -2.06. The van der Waals surface area contributed by atoms with E-state index in [0.717, 1.165) is 12.8 Å². The summed E-state index contributed by atoms with van der Waals surface area (Å²) < 4.78 is 0. The number of nitrogens with two attached hydrogens (primary N) is 1. The molecule has 0 unspecified atom stereocenters. The molecule has 0 amide bonds. The van der Waals surface area contributed by atoms with Crippen LogP contribution >= 0.6 is 0 Å². The fraction of sp³-hybridized carbons (Fsp3) is 0.375. The van der Waals surface area contributed by atoms with Crippen LogP contribution in [-0.4, -0.2) is 10.9 Å². The van der Waals surface area contributed by atoms with Gasteiger partial charge in [-0.25, -0.2) is 0 Å². The number of carbonyl (C=O) groups is 1. The Balaban J connectivity index is 2.83. The van der Waals surface area contributed by atoms with E-state index in [4.69, 9.17) is 10.8 Å². The third-order valence-electron chi connectivity index (χ3n) is 1.58. The first-order chi connectivity index (χ1) is 5.20. The van der Waals surface area contributed by atoms with Gasteiger partial charge in [-0.15, -0.1) is 0 Å². The number of ketones is 1. The Bertz CT molecular complexity index is 228. The average Bonchev–Trinajstić information content (AvgIpc) is 1.95. The summed E-state index contributed by atoms with van der Waals surface area (Å²) in [4.78, 5) is 10.9. The number of carbonyl (C=O) groups excluding carboxylic acids is 1. The predicted octanol–water partition coefficient (Wildman–Crippen LogP) is 1.02. The Hall–Kier alpha value is -1.25. The fourth-order valence-corrected chi connectivity index (χ4v) is 0.957. The van der Waals surface area contributed by atoms with Crippen LogP contribution in [0.3, 0.4) is 0 Å². The Morgan fingerprint density at radius 3 is 3.00 bits per heavy atom. The van der Waals surface area contributed by atoms with Crippen molar-refractivity contribution < 1.29 is 9.90 Å². The van der Waals surface area contributed by atoms with Crippen LogP contribution < -0.4 is 5.73 Å². The molecule has 0 aromatic heterocycles. The number of hydrogen-bond acceptors (Lipinski definition) is 3. The molecule has 3 nitrogen and oxygen atoms in total. The summed E-state index contributed by atoms with van der Waals surface area (Å²) in [5.74, 6) is -0.445. The molecular formula is C8H11NO2. The van der Waals surface area contributed by atoms with E-state index in [2.05, 4.69) is 0 Å². The summed E-state index contributed by atoms with van der Waals surface area (Å²) in [6.45, 7) is 0. The Morgan fingerprint density at radius 1 is 1.55 bits per heavy atom. The number of aliphatic hydroxyl groups is 1. The summed E-state index contributed by atoms with van der Waals surface area (Å²) >= 11 is 0. The van der Waals surface area contributed by atoms with Gasteiger partial charge in [0.1, 0.15) is 0 Å². The molecule has 0 saturated heterocycles. The smallest absolute Gasteiger partial charge is 0.197 e. The third kappa shape index (κ3) is 2.11. The summed E-state index contributed by atoms with van der Waals surface area (Å²) in [5.41, 5.74) is 5.90. The topological polar surface area (TPSA) is 63.3 Å². The maximum absolute atomic E-state index is 10.9. The first-order valence-corrected chi connectivity index (χ1v) is 3.59. The van der Waals surface area contributed by atoms with Crippen molar-refractivity contribution in [3.05, 3.63) is 23.6 Å². The van der Waals surface area contributed by atoms with E-state index in [9.17, 15) is 4.79 Å². The van der Waals surface area contributed by atoms with E-state index >= 15 is 0 Å². The van der Waals surface area contributed by atoms with Crippen LogP contribution in [0.1, 0.15) is 19.3 Å². The fourth-order valence-electron chi connectivity index (χ4n) is 0.957. The zero-order valence-corrected chi connectivity index (χ0v) is 6.21. The van der Waals surface area contributed by atoms with Crippen LogP contribution in [-0.2, 0) is 4.79 Å². The molecule has 3 heteroatoms. The highest BCUT2D eigenvalue weighted by Crippen LogP contribution is 2.09. The number of aliphatic hydroxyl groups excluding tert-OH is 1. The molecule has 0 aromatic rings. The quantitative estimate of drug-likeness (QED) is 0.546. The highest BCUT2D eigenvalue weighted by molar-refractivity contribution is 5.93. The number of allylic oxidation sites excluding steroid dienone is 3. The highest BCUT2D eigenvalue weighted by Gasteiger charge is 2.08. The molecule has 3 N–H and O–H groups in total. The Kier molecular flexibility index (Phi) is 2.31. The molecule has 0 fully saturated rings. The van der Waals surface area contributed by atoms with Crippen molar-refractivity contribution in [1.82, 2.24) is 0 Å². The van der Waals surface area contributed by atoms with E-state index in [1.54, 1.807) is 0 Å². The van der Waals surface area contributed by atoms with Crippen LogP contribution in [0.15, 0.2) is 23.6 Å².